The summed E-state index contributed by atoms with van der Waals surface area (Å²) in [5.41, 5.74) is 0. The van der Waals surface area contributed by atoms with Crippen LogP contribution in [0.2, 0.25) is 0 Å². The highest BCUT2D eigenvalue weighted by atomic mass is 32.2. The molecule has 0 atom stereocenters. The van der Waals surface area contributed by atoms with E-state index in [1.54, 1.807) is 0 Å². The van der Waals surface area contributed by atoms with Crippen molar-refractivity contribution in [2.75, 3.05) is 13.1 Å². The molecule has 0 radical (unpaired) electrons. The van der Waals surface area contributed by atoms with Gasteiger partial charge in [-0.05, 0) is 0 Å². The predicted molar refractivity (Wildman–Crippen MR) is 34.6 cm³/mol. The lowest BCUT2D eigenvalue weighted by molar-refractivity contribution is -0.172. The molecule has 0 aromatic carbocycles. The van der Waals surface area contributed by atoms with Crippen molar-refractivity contribution in [3.05, 3.63) is 0 Å². The van der Waals surface area contributed by atoms with Crippen molar-refractivity contribution in [3.63, 3.8) is 0 Å². The van der Waals surface area contributed by atoms with Crippen molar-refractivity contribution in [3.8, 4) is 0 Å². The maximum absolute atomic E-state index is 12.4. The summed E-state index contributed by atoms with van der Waals surface area (Å²) in [6, 6.07) is 0. The van der Waals surface area contributed by atoms with E-state index in [1.807, 2.05) is 0 Å². The Morgan fingerprint density at radius 2 is 1.38 bits per heavy atom. The molecule has 1 aliphatic heterocycles. The third-order valence-corrected chi connectivity index (χ3v) is 2.62. The van der Waals surface area contributed by atoms with Crippen molar-refractivity contribution in [2.45, 2.75) is 11.8 Å². The molecule has 1 heterocycles. The highest BCUT2D eigenvalue weighted by Crippen LogP contribution is 2.41. The summed E-state index contributed by atoms with van der Waals surface area (Å²) >= 11 is 0. The monoisotopic (exact) mass is 222 g/mol. The van der Waals surface area contributed by atoms with Crippen LogP contribution < -0.4 is 5.14 Å². The molecule has 0 aliphatic carbocycles. The number of nitrogens with two attached hydrogens (primary N) is 1. The topological polar surface area (TPSA) is 63.4 Å². The van der Waals surface area contributed by atoms with Crippen molar-refractivity contribution in [1.82, 2.24) is 4.31 Å². The van der Waals surface area contributed by atoms with Crippen LogP contribution in [0, 0.1) is 0 Å². The summed E-state index contributed by atoms with van der Waals surface area (Å²) < 4.78 is 70.3. The molecule has 4 nitrogen and oxygen atoms in total. The molecule has 0 spiro atoms. The third-order valence-electron chi connectivity index (χ3n) is 1.64. The van der Waals surface area contributed by atoms with E-state index in [9.17, 15) is 26.0 Å². The smallest absolute Gasteiger partial charge is 0.216 e. The second kappa shape index (κ2) is 2.55. The molecule has 1 rings (SSSR count). The second-order valence-electron chi connectivity index (χ2n) is 2.72. The summed E-state index contributed by atoms with van der Waals surface area (Å²) in [4.78, 5) is 0. The van der Waals surface area contributed by atoms with Crippen molar-refractivity contribution in [2.24, 2.45) is 5.14 Å². The zero-order chi connectivity index (χ0) is 10.5. The molecular formula is C4H6F4N2O2S. The van der Waals surface area contributed by atoms with Crippen LogP contribution in [-0.2, 0) is 10.2 Å². The summed E-state index contributed by atoms with van der Waals surface area (Å²) in [5, 5.41) is 4.41. The minimum atomic E-state index is -4.47. The van der Waals surface area contributed by atoms with Gasteiger partial charge in [-0.2, -0.15) is 30.3 Å². The van der Waals surface area contributed by atoms with Gasteiger partial charge in [0.2, 0.25) is 0 Å². The zero-order valence-corrected chi connectivity index (χ0v) is 6.99. The quantitative estimate of drug-likeness (QED) is 0.623. The van der Waals surface area contributed by atoms with Gasteiger partial charge in [0.15, 0.2) is 0 Å². The van der Waals surface area contributed by atoms with Crippen LogP contribution >= 0.6 is 0 Å². The number of rotatable bonds is 1. The highest BCUT2D eigenvalue weighted by Gasteiger charge is 2.64. The minimum Gasteiger partial charge on any atom is -0.216 e. The summed E-state index contributed by atoms with van der Waals surface area (Å²) in [6.45, 7) is -3.14. The molecule has 1 saturated heterocycles. The number of hydrogen-bond donors (Lipinski definition) is 1. The van der Waals surface area contributed by atoms with E-state index in [-0.39, 0.29) is 4.31 Å². The lowest BCUT2D eigenvalue weighted by Gasteiger charge is -2.15. The van der Waals surface area contributed by atoms with Gasteiger partial charge < -0.3 is 0 Å². The summed E-state index contributed by atoms with van der Waals surface area (Å²) in [7, 11) is -4.47. The third kappa shape index (κ3) is 1.76. The van der Waals surface area contributed by atoms with Crippen molar-refractivity contribution in [1.29, 1.82) is 0 Å². The van der Waals surface area contributed by atoms with Gasteiger partial charge in [-0.1, -0.05) is 0 Å². The number of nitrogens with zero attached hydrogens (tertiary/aromatic N) is 1. The predicted octanol–water partition coefficient (Wildman–Crippen LogP) is -0.224. The first-order valence-corrected chi connectivity index (χ1v) is 4.60. The number of alkyl halides is 4. The molecular weight excluding hydrogens is 216 g/mol. The maximum atomic E-state index is 12.4. The average Bonchev–Trinajstić information content (AvgIpc) is 2.00. The number of hydrogen-bond acceptors (Lipinski definition) is 2. The van der Waals surface area contributed by atoms with E-state index in [2.05, 4.69) is 5.14 Å². The lowest BCUT2D eigenvalue weighted by atomic mass is 10.2. The first-order valence-electron chi connectivity index (χ1n) is 3.10. The molecule has 0 amide bonds. The highest BCUT2D eigenvalue weighted by molar-refractivity contribution is 7.86. The molecule has 0 bridgehead atoms. The molecule has 0 aromatic rings. The molecule has 13 heavy (non-hydrogen) atoms. The average molecular weight is 222 g/mol. The SMILES string of the molecule is NS(=O)(=O)N1CC(F)(F)C(F)(F)C1. The molecule has 2 N–H and O–H groups in total. The van der Waals surface area contributed by atoms with Crippen LogP contribution in [0.25, 0.3) is 0 Å². The van der Waals surface area contributed by atoms with Crippen LogP contribution in [0.15, 0.2) is 0 Å². The van der Waals surface area contributed by atoms with Crippen LogP contribution in [0.3, 0.4) is 0 Å². The van der Waals surface area contributed by atoms with Gasteiger partial charge >= 0.3 is 11.8 Å². The fourth-order valence-electron chi connectivity index (χ4n) is 0.910. The first kappa shape index (κ1) is 10.7. The second-order valence-corrected chi connectivity index (χ2v) is 4.27. The van der Waals surface area contributed by atoms with E-state index >= 15 is 0 Å². The normalized spacial score (nSPS) is 27.8. The molecule has 1 aliphatic rings. The largest absolute Gasteiger partial charge is 0.325 e. The fraction of sp³-hybridized carbons (Fsp3) is 1.00. The molecule has 0 saturated carbocycles. The Kier molecular flexibility index (Phi) is 2.09. The molecule has 0 unspecified atom stereocenters. The van der Waals surface area contributed by atoms with Crippen LogP contribution in [0.1, 0.15) is 0 Å². The standard InChI is InChI=1S/C4H6F4N2O2S/c5-3(6)1-10(13(9,11)12)2-4(3,7)8/h1-2H2,(H2,9,11,12). The van der Waals surface area contributed by atoms with Gasteiger partial charge in [-0.15, -0.1) is 0 Å². The molecule has 1 fully saturated rings. The van der Waals surface area contributed by atoms with Gasteiger partial charge in [0, 0.05) is 0 Å². The van der Waals surface area contributed by atoms with E-state index in [1.165, 1.54) is 0 Å². The number of halogens is 4. The van der Waals surface area contributed by atoms with Crippen molar-refractivity contribution >= 4 is 10.2 Å². The van der Waals surface area contributed by atoms with Crippen LogP contribution in [0.4, 0.5) is 17.6 Å². The van der Waals surface area contributed by atoms with Gasteiger partial charge in [-0.25, -0.2) is 5.14 Å². The zero-order valence-electron chi connectivity index (χ0n) is 6.18. The van der Waals surface area contributed by atoms with E-state index < -0.39 is 35.1 Å². The van der Waals surface area contributed by atoms with E-state index in [4.69, 9.17) is 0 Å². The molecule has 0 aromatic heterocycles. The molecule has 9 heteroatoms. The Bertz CT molecular complexity index is 298. The van der Waals surface area contributed by atoms with E-state index in [0.717, 1.165) is 0 Å². The minimum absolute atomic E-state index is 0.146. The summed E-state index contributed by atoms with van der Waals surface area (Å²) in [6.07, 6.45) is 0. The van der Waals surface area contributed by atoms with Gasteiger partial charge in [0.1, 0.15) is 0 Å². The van der Waals surface area contributed by atoms with E-state index in [0.29, 0.717) is 0 Å². The Morgan fingerprint density at radius 1 is 1.08 bits per heavy atom. The Hall–Kier alpha value is -0.410. The molecule has 78 valence electrons. The Balaban J connectivity index is 2.96. The lowest BCUT2D eigenvalue weighted by Crippen LogP contribution is -2.38. The van der Waals surface area contributed by atoms with Crippen LogP contribution in [0.5, 0.6) is 0 Å². The Labute approximate surface area is 71.5 Å². The van der Waals surface area contributed by atoms with Gasteiger partial charge in [-0.3, -0.25) is 0 Å². The van der Waals surface area contributed by atoms with Crippen molar-refractivity contribution < 1.29 is 26.0 Å². The van der Waals surface area contributed by atoms with Crippen LogP contribution in [-0.4, -0.2) is 37.7 Å². The summed E-state index contributed by atoms with van der Waals surface area (Å²) in [5.74, 6) is -8.70. The van der Waals surface area contributed by atoms with Gasteiger partial charge in [0.25, 0.3) is 10.2 Å². The Morgan fingerprint density at radius 3 is 1.54 bits per heavy atom. The fourth-order valence-corrected chi connectivity index (χ4v) is 1.59. The maximum Gasteiger partial charge on any atom is 0.325 e. The first-order chi connectivity index (χ1) is 5.56. The van der Waals surface area contributed by atoms with Gasteiger partial charge in [0.05, 0.1) is 13.1 Å².